The second-order valence-corrected chi connectivity index (χ2v) is 14.5. The Morgan fingerprint density at radius 3 is 2.50 bits per heavy atom. The van der Waals surface area contributed by atoms with Crippen molar-refractivity contribution in [3.63, 3.8) is 0 Å². The highest BCUT2D eigenvalue weighted by atomic mass is 16.7. The number of rotatable bonds is 5. The number of fused-ring (bicyclic) bond motifs is 5. The minimum Gasteiger partial charge on any atom is -0.462 e. The fourth-order valence-corrected chi connectivity index (χ4v) is 10.4. The van der Waals surface area contributed by atoms with Crippen molar-refractivity contribution in [2.24, 2.45) is 34.5 Å². The molecule has 0 spiro atoms. The molecule has 2 aliphatic heterocycles. The van der Waals surface area contributed by atoms with Crippen molar-refractivity contribution < 1.29 is 48.6 Å². The Hall–Kier alpha value is -1.56. The third kappa shape index (κ3) is 4.58. The van der Waals surface area contributed by atoms with Gasteiger partial charge in [0.05, 0.1) is 17.8 Å². The zero-order chi connectivity index (χ0) is 30.2. The Labute approximate surface area is 248 Å². The van der Waals surface area contributed by atoms with Crippen LogP contribution in [0.3, 0.4) is 0 Å². The van der Waals surface area contributed by atoms with Crippen molar-refractivity contribution in [1.82, 2.24) is 0 Å². The van der Waals surface area contributed by atoms with E-state index in [0.29, 0.717) is 18.3 Å². The molecule has 6 rings (SSSR count). The summed E-state index contributed by atoms with van der Waals surface area (Å²) >= 11 is 0. The summed E-state index contributed by atoms with van der Waals surface area (Å²) in [6.45, 7) is 7.85. The average molecular weight is 593 g/mol. The molecular formula is C32H48O10. The van der Waals surface area contributed by atoms with Gasteiger partial charge in [0.25, 0.3) is 0 Å². The van der Waals surface area contributed by atoms with Gasteiger partial charge in [0, 0.05) is 37.9 Å². The number of hydrogen-bond donors (Lipinski definition) is 3. The van der Waals surface area contributed by atoms with Crippen LogP contribution in [0.5, 0.6) is 0 Å². The van der Waals surface area contributed by atoms with Crippen molar-refractivity contribution in [2.45, 2.75) is 128 Å². The molecule has 4 saturated carbocycles. The van der Waals surface area contributed by atoms with E-state index in [1.165, 1.54) is 20.1 Å². The van der Waals surface area contributed by atoms with Crippen molar-refractivity contribution in [3.05, 3.63) is 11.6 Å². The molecule has 0 aromatic carbocycles. The Morgan fingerprint density at radius 1 is 1.07 bits per heavy atom. The van der Waals surface area contributed by atoms with Gasteiger partial charge in [0.15, 0.2) is 6.29 Å². The van der Waals surface area contributed by atoms with Crippen LogP contribution in [0.1, 0.15) is 79.1 Å². The van der Waals surface area contributed by atoms with Gasteiger partial charge in [0.1, 0.15) is 31.0 Å². The van der Waals surface area contributed by atoms with E-state index < -0.39 is 47.8 Å². The molecule has 236 valence electrons. The Kier molecular flexibility index (Phi) is 7.84. The summed E-state index contributed by atoms with van der Waals surface area (Å²) in [6, 6.07) is 0. The summed E-state index contributed by atoms with van der Waals surface area (Å²) in [4.78, 5) is 24.2. The van der Waals surface area contributed by atoms with Crippen LogP contribution in [0.25, 0.3) is 0 Å². The summed E-state index contributed by atoms with van der Waals surface area (Å²) in [5, 5.41) is 33.8. The Morgan fingerprint density at radius 2 is 1.83 bits per heavy atom. The molecule has 4 aliphatic carbocycles. The van der Waals surface area contributed by atoms with E-state index in [9.17, 15) is 24.9 Å². The number of aliphatic hydroxyl groups excluding tert-OH is 2. The fourth-order valence-electron chi connectivity index (χ4n) is 10.4. The predicted octanol–water partition coefficient (Wildman–Crippen LogP) is 2.65. The summed E-state index contributed by atoms with van der Waals surface area (Å²) in [7, 11) is 1.47. The van der Waals surface area contributed by atoms with Gasteiger partial charge in [-0.15, -0.1) is 0 Å². The van der Waals surface area contributed by atoms with Crippen LogP contribution in [-0.2, 0) is 33.3 Å². The van der Waals surface area contributed by atoms with Gasteiger partial charge >= 0.3 is 11.9 Å². The van der Waals surface area contributed by atoms with E-state index in [1.54, 1.807) is 6.92 Å². The van der Waals surface area contributed by atoms with Gasteiger partial charge in [-0.2, -0.15) is 0 Å². The number of aliphatic hydroxyl groups is 3. The van der Waals surface area contributed by atoms with Crippen LogP contribution in [0, 0.1) is 34.5 Å². The highest BCUT2D eigenvalue weighted by Gasteiger charge is 2.71. The van der Waals surface area contributed by atoms with Crippen molar-refractivity contribution in [2.75, 3.05) is 13.7 Å². The van der Waals surface area contributed by atoms with Crippen molar-refractivity contribution in [1.29, 1.82) is 0 Å². The van der Waals surface area contributed by atoms with E-state index in [0.717, 1.165) is 50.5 Å². The molecule has 3 N–H and O–H groups in total. The maximum atomic E-state index is 12.7. The molecular weight excluding hydrogens is 544 g/mol. The van der Waals surface area contributed by atoms with E-state index in [2.05, 4.69) is 13.8 Å². The topological polar surface area (TPSA) is 141 Å². The molecule has 5 fully saturated rings. The van der Waals surface area contributed by atoms with Crippen LogP contribution in [0.4, 0.5) is 0 Å². The number of carbonyl (C=O) groups is 2. The van der Waals surface area contributed by atoms with E-state index in [1.807, 2.05) is 0 Å². The van der Waals surface area contributed by atoms with Crippen LogP contribution < -0.4 is 0 Å². The predicted molar refractivity (Wildman–Crippen MR) is 149 cm³/mol. The molecule has 0 aromatic heterocycles. The van der Waals surface area contributed by atoms with E-state index in [-0.39, 0.29) is 41.9 Å². The van der Waals surface area contributed by atoms with Crippen molar-refractivity contribution in [3.8, 4) is 0 Å². The molecule has 2 heterocycles. The first kappa shape index (κ1) is 30.5. The van der Waals surface area contributed by atoms with Crippen molar-refractivity contribution >= 4 is 11.9 Å². The van der Waals surface area contributed by atoms with Crippen LogP contribution in [0.15, 0.2) is 11.6 Å². The standard InChI is InChI=1S/C32H48O10/c1-16-26(35)28(38-5)27(36)29(40-16)42-20-8-10-30(3)19(13-20)6-7-22-21(30)9-11-31(4)25(18-12-24(34)39-15-18)23(41-17(2)33)14-32(22,31)37/h12,16,19-23,25-29,35-37H,6-11,13-15H2,1-5H3/t16-,19-,20-,21+,22-,23-,25-,26+,27-,28+,29-,30+,31-,32+/m1/s1. The van der Waals surface area contributed by atoms with Crippen LogP contribution in [-0.4, -0.2) is 89.5 Å². The monoisotopic (exact) mass is 592 g/mol. The first-order valence-electron chi connectivity index (χ1n) is 15.8. The molecule has 14 atom stereocenters. The molecule has 0 unspecified atom stereocenters. The molecule has 1 saturated heterocycles. The van der Waals surface area contributed by atoms with Gasteiger partial charge in [-0.3, -0.25) is 4.79 Å². The highest BCUT2D eigenvalue weighted by molar-refractivity contribution is 5.85. The molecule has 0 bridgehead atoms. The number of esters is 2. The average Bonchev–Trinajstić information content (AvgIpc) is 3.44. The van der Waals surface area contributed by atoms with E-state index in [4.69, 9.17) is 23.7 Å². The maximum absolute atomic E-state index is 12.7. The number of methoxy groups -OCH3 is 1. The summed E-state index contributed by atoms with van der Waals surface area (Å²) in [5.74, 6) is -0.234. The molecule has 0 amide bonds. The lowest BCUT2D eigenvalue weighted by atomic mass is 9.43. The van der Waals surface area contributed by atoms with Gasteiger partial charge in [0.2, 0.25) is 0 Å². The molecule has 0 aromatic rings. The van der Waals surface area contributed by atoms with Crippen LogP contribution in [0.2, 0.25) is 0 Å². The zero-order valence-corrected chi connectivity index (χ0v) is 25.5. The van der Waals surface area contributed by atoms with E-state index >= 15 is 0 Å². The molecule has 42 heavy (non-hydrogen) atoms. The van der Waals surface area contributed by atoms with Gasteiger partial charge in [-0.05, 0) is 80.6 Å². The molecule has 6 aliphatic rings. The third-order valence-corrected chi connectivity index (χ3v) is 12.6. The second kappa shape index (κ2) is 10.8. The van der Waals surface area contributed by atoms with Gasteiger partial charge in [-0.1, -0.05) is 13.8 Å². The second-order valence-electron chi connectivity index (χ2n) is 14.5. The largest absolute Gasteiger partial charge is 0.462 e. The normalized spacial score (nSPS) is 52.0. The maximum Gasteiger partial charge on any atom is 0.331 e. The lowest BCUT2D eigenvalue weighted by Gasteiger charge is -2.63. The molecule has 10 heteroatoms. The number of hydrogen-bond acceptors (Lipinski definition) is 10. The first-order valence-corrected chi connectivity index (χ1v) is 15.8. The fraction of sp³-hybridized carbons (Fsp3) is 0.875. The summed E-state index contributed by atoms with van der Waals surface area (Å²) in [6.07, 6.45) is 3.36. The highest BCUT2D eigenvalue weighted by Crippen LogP contribution is 2.70. The Bertz CT molecular complexity index is 1110. The lowest BCUT2D eigenvalue weighted by Crippen LogP contribution is -2.62. The Balaban J connectivity index is 1.20. The molecule has 10 nitrogen and oxygen atoms in total. The number of carbonyl (C=O) groups excluding carboxylic acids is 2. The zero-order valence-electron chi connectivity index (χ0n) is 25.5. The van der Waals surface area contributed by atoms with Crippen LogP contribution >= 0.6 is 0 Å². The van der Waals surface area contributed by atoms with Gasteiger partial charge in [-0.25, -0.2) is 4.79 Å². The number of cyclic esters (lactones) is 1. The quantitative estimate of drug-likeness (QED) is 0.322. The lowest BCUT2D eigenvalue weighted by molar-refractivity contribution is -0.313. The third-order valence-electron chi connectivity index (χ3n) is 12.6. The minimum atomic E-state index is -1.08. The molecule has 0 radical (unpaired) electrons. The first-order chi connectivity index (χ1) is 19.8. The SMILES string of the molecule is CO[C@H]1[C@@H](O)[C@@H](C)O[C@H](O[C@@H]2CC[C@@]3(C)[C@H](CC[C@@H]4[C@@H]3CC[C@]3(C)[C@H](C5=CC(=O)OC5)[C@H](OC(C)=O)C[C@]43O)C2)[C@@H]1O. The number of ether oxygens (including phenoxy) is 5. The van der Waals surface area contributed by atoms with Gasteiger partial charge < -0.3 is 39.0 Å². The smallest absolute Gasteiger partial charge is 0.331 e. The minimum absolute atomic E-state index is 0.0190. The summed E-state index contributed by atoms with van der Waals surface area (Å²) in [5.41, 5.74) is -0.720. The summed E-state index contributed by atoms with van der Waals surface area (Å²) < 4.78 is 28.7.